The molecule has 170 valence electrons. The average molecular weight is 460 g/mol. The number of rotatable bonds is 6. The summed E-state index contributed by atoms with van der Waals surface area (Å²) >= 11 is 6.68. The van der Waals surface area contributed by atoms with Gasteiger partial charge in [-0.25, -0.2) is 9.97 Å². The van der Waals surface area contributed by atoms with Crippen molar-refractivity contribution >= 4 is 22.8 Å². The lowest BCUT2D eigenvalue weighted by Crippen LogP contribution is -2.02. The van der Waals surface area contributed by atoms with Crippen molar-refractivity contribution in [1.29, 1.82) is 0 Å². The number of hydrogen-bond donors (Lipinski definition) is 1. The maximum Gasteiger partial charge on any atom is 0.179 e. The Morgan fingerprint density at radius 3 is 2.58 bits per heavy atom. The zero-order chi connectivity index (χ0) is 22.6. The highest BCUT2D eigenvalue weighted by molar-refractivity contribution is 6.34. The number of nitrogens with one attached hydrogen (secondary N) is 1. The van der Waals surface area contributed by atoms with Crippen LogP contribution in [0.1, 0.15) is 62.6 Å². The number of benzene rings is 2. The molecule has 5 heteroatoms. The summed E-state index contributed by atoms with van der Waals surface area (Å²) in [6.07, 6.45) is 7.55. The summed E-state index contributed by atoms with van der Waals surface area (Å²) in [7, 11) is 0. The molecule has 0 radical (unpaired) electrons. The first-order valence-electron chi connectivity index (χ1n) is 12.0. The smallest absolute Gasteiger partial charge is 0.179 e. The van der Waals surface area contributed by atoms with Gasteiger partial charge in [-0.1, -0.05) is 80.3 Å². The summed E-state index contributed by atoms with van der Waals surface area (Å²) in [6.45, 7) is 2.84. The fourth-order valence-corrected chi connectivity index (χ4v) is 5.08. The van der Waals surface area contributed by atoms with E-state index in [9.17, 15) is 0 Å². The molecule has 2 unspecified atom stereocenters. The van der Waals surface area contributed by atoms with Crippen molar-refractivity contribution in [3.05, 3.63) is 76.9 Å². The van der Waals surface area contributed by atoms with Gasteiger partial charge in [0, 0.05) is 17.2 Å². The molecule has 5 rings (SSSR count). The number of ether oxygens (including phenoxy) is 1. The highest BCUT2D eigenvalue weighted by atomic mass is 35.5. The minimum absolute atomic E-state index is 0.479. The van der Waals surface area contributed by atoms with Crippen molar-refractivity contribution in [3.63, 3.8) is 0 Å². The number of aromatic nitrogens is 3. The van der Waals surface area contributed by atoms with E-state index in [1.165, 1.54) is 38.5 Å². The average Bonchev–Trinajstić information content (AvgIpc) is 3.14. The summed E-state index contributed by atoms with van der Waals surface area (Å²) < 4.78 is 5.84. The molecule has 2 atom stereocenters. The summed E-state index contributed by atoms with van der Waals surface area (Å²) in [5, 5.41) is 0.706. The van der Waals surface area contributed by atoms with Gasteiger partial charge in [0.05, 0.1) is 5.02 Å². The largest absolute Gasteiger partial charge is 0.489 e. The molecule has 2 aromatic heterocycles. The second kappa shape index (κ2) is 9.96. The fraction of sp³-hybridized carbons (Fsp3) is 0.357. The standard InChI is InChI=1S/C28H30ClN3O/c1-2-19-7-6-8-21(14-11-19)25-17-24(29)26-28(30-25)32-27(31-26)22-15-12-20(13-16-22)18-33-23-9-4-3-5-10-23/h3-5,9-10,12-13,15-17,19,21H,2,6-8,11,14,18H2,1H3,(H,30,31,32). The van der Waals surface area contributed by atoms with E-state index in [2.05, 4.69) is 36.2 Å². The predicted octanol–water partition coefficient (Wildman–Crippen LogP) is 7.93. The molecule has 0 bridgehead atoms. The quantitative estimate of drug-likeness (QED) is 0.298. The zero-order valence-electron chi connectivity index (χ0n) is 19.1. The van der Waals surface area contributed by atoms with E-state index in [0.717, 1.165) is 39.8 Å². The molecule has 2 aromatic carbocycles. The van der Waals surface area contributed by atoms with Crippen LogP contribution in [0, 0.1) is 5.92 Å². The van der Waals surface area contributed by atoms with E-state index >= 15 is 0 Å². The number of para-hydroxylation sites is 1. The van der Waals surface area contributed by atoms with E-state index in [0.29, 0.717) is 23.2 Å². The van der Waals surface area contributed by atoms with Crippen molar-refractivity contribution < 1.29 is 4.74 Å². The van der Waals surface area contributed by atoms with Gasteiger partial charge < -0.3 is 9.72 Å². The molecule has 4 aromatic rings. The van der Waals surface area contributed by atoms with Gasteiger partial charge in [0.2, 0.25) is 0 Å². The van der Waals surface area contributed by atoms with Crippen LogP contribution < -0.4 is 4.74 Å². The van der Waals surface area contributed by atoms with Gasteiger partial charge in [0.15, 0.2) is 5.65 Å². The van der Waals surface area contributed by atoms with Crippen LogP contribution in [-0.4, -0.2) is 15.0 Å². The van der Waals surface area contributed by atoms with E-state index in [4.69, 9.17) is 26.3 Å². The van der Waals surface area contributed by atoms with Gasteiger partial charge in [-0.2, -0.15) is 0 Å². The summed E-state index contributed by atoms with van der Waals surface area (Å²) in [4.78, 5) is 13.1. The van der Waals surface area contributed by atoms with Crippen LogP contribution in [0.4, 0.5) is 0 Å². The maximum absolute atomic E-state index is 6.68. The lowest BCUT2D eigenvalue weighted by molar-refractivity contribution is 0.306. The van der Waals surface area contributed by atoms with Crippen LogP contribution in [0.2, 0.25) is 5.02 Å². The van der Waals surface area contributed by atoms with Crippen LogP contribution in [0.5, 0.6) is 5.75 Å². The van der Waals surface area contributed by atoms with Gasteiger partial charge in [0.25, 0.3) is 0 Å². The first kappa shape index (κ1) is 22.0. The first-order valence-corrected chi connectivity index (χ1v) is 12.4. The van der Waals surface area contributed by atoms with Crippen LogP contribution in [-0.2, 0) is 6.61 Å². The Hall–Kier alpha value is -2.85. The Kier molecular flexibility index (Phi) is 6.63. The topological polar surface area (TPSA) is 50.8 Å². The Morgan fingerprint density at radius 1 is 0.970 bits per heavy atom. The fourth-order valence-electron chi connectivity index (χ4n) is 4.84. The number of nitrogens with zero attached hydrogens (tertiary/aromatic N) is 2. The number of pyridine rings is 1. The minimum atomic E-state index is 0.479. The molecule has 1 aliphatic carbocycles. The van der Waals surface area contributed by atoms with Crippen molar-refractivity contribution in [2.45, 2.75) is 58.0 Å². The van der Waals surface area contributed by atoms with Crippen molar-refractivity contribution in [2.75, 3.05) is 0 Å². The van der Waals surface area contributed by atoms with Gasteiger partial charge in [-0.05, 0) is 48.9 Å². The molecule has 33 heavy (non-hydrogen) atoms. The van der Waals surface area contributed by atoms with Crippen LogP contribution in [0.3, 0.4) is 0 Å². The number of fused-ring (bicyclic) bond motifs is 1. The normalized spacial score (nSPS) is 18.8. The molecular formula is C28H30ClN3O. The highest BCUT2D eigenvalue weighted by Crippen LogP contribution is 2.36. The molecule has 0 aliphatic heterocycles. The van der Waals surface area contributed by atoms with Gasteiger partial charge in [0.1, 0.15) is 23.7 Å². The van der Waals surface area contributed by atoms with Crippen molar-refractivity contribution in [2.24, 2.45) is 5.92 Å². The number of imidazole rings is 1. The van der Waals surface area contributed by atoms with E-state index in [-0.39, 0.29) is 0 Å². The lowest BCUT2D eigenvalue weighted by Gasteiger charge is -2.14. The van der Waals surface area contributed by atoms with Crippen LogP contribution in [0.15, 0.2) is 60.7 Å². The minimum Gasteiger partial charge on any atom is -0.489 e. The number of H-pyrrole nitrogens is 1. The molecular weight excluding hydrogens is 430 g/mol. The zero-order valence-corrected chi connectivity index (χ0v) is 19.8. The second-order valence-corrected chi connectivity index (χ2v) is 9.50. The maximum atomic E-state index is 6.68. The van der Waals surface area contributed by atoms with Crippen LogP contribution in [0.25, 0.3) is 22.6 Å². The third-order valence-electron chi connectivity index (χ3n) is 6.89. The Bertz CT molecular complexity index is 1200. The molecule has 1 aliphatic rings. The summed E-state index contributed by atoms with van der Waals surface area (Å²) in [6, 6.07) is 20.2. The Labute approximate surface area is 200 Å². The number of aromatic amines is 1. The van der Waals surface area contributed by atoms with Crippen LogP contribution >= 0.6 is 11.6 Å². The number of hydrogen-bond acceptors (Lipinski definition) is 3. The molecule has 2 heterocycles. The molecule has 4 nitrogen and oxygen atoms in total. The molecule has 1 saturated carbocycles. The van der Waals surface area contributed by atoms with E-state index < -0.39 is 0 Å². The first-order chi connectivity index (χ1) is 16.2. The van der Waals surface area contributed by atoms with E-state index in [1.54, 1.807) is 0 Å². The SMILES string of the molecule is CCC1CCCC(c2cc(Cl)c3[nH]c(-c4ccc(COc5ccccc5)cc4)nc3n2)CC1. The highest BCUT2D eigenvalue weighted by Gasteiger charge is 2.22. The molecule has 1 fully saturated rings. The Morgan fingerprint density at radius 2 is 1.79 bits per heavy atom. The molecule has 0 spiro atoms. The monoisotopic (exact) mass is 459 g/mol. The van der Waals surface area contributed by atoms with Crippen molar-refractivity contribution in [3.8, 4) is 17.1 Å². The molecule has 1 N–H and O–H groups in total. The van der Waals surface area contributed by atoms with Crippen molar-refractivity contribution in [1.82, 2.24) is 15.0 Å². The second-order valence-electron chi connectivity index (χ2n) is 9.09. The third-order valence-corrected chi connectivity index (χ3v) is 7.19. The van der Waals surface area contributed by atoms with Gasteiger partial charge in [-0.3, -0.25) is 0 Å². The summed E-state index contributed by atoms with van der Waals surface area (Å²) in [5.74, 6) is 2.99. The van der Waals surface area contributed by atoms with Gasteiger partial charge >= 0.3 is 0 Å². The molecule has 0 saturated heterocycles. The third kappa shape index (κ3) is 5.06. The molecule has 0 amide bonds. The van der Waals surface area contributed by atoms with Gasteiger partial charge in [-0.15, -0.1) is 0 Å². The predicted molar refractivity (Wildman–Crippen MR) is 135 cm³/mol. The lowest BCUT2D eigenvalue weighted by atomic mass is 9.94. The van der Waals surface area contributed by atoms with E-state index in [1.807, 2.05) is 36.4 Å². The summed E-state index contributed by atoms with van der Waals surface area (Å²) in [5.41, 5.74) is 4.73. The number of halogens is 1. The Balaban J connectivity index is 1.33.